The fourth-order valence-corrected chi connectivity index (χ4v) is 5.11. The third-order valence-electron chi connectivity index (χ3n) is 6.32. The van der Waals surface area contributed by atoms with Gasteiger partial charge in [0.05, 0.1) is 24.9 Å². The number of hydrogen-bond donors (Lipinski definition) is 1. The molecule has 0 saturated carbocycles. The van der Waals surface area contributed by atoms with Crippen LogP contribution < -0.4 is 15.0 Å². The van der Waals surface area contributed by atoms with Gasteiger partial charge in [-0.3, -0.25) is 4.98 Å². The molecule has 0 unspecified atom stereocenters. The number of ether oxygens (including phenoxy) is 1. The highest BCUT2D eigenvalue weighted by atomic mass is 32.1. The molecular weight excluding hydrogens is 447 g/mol. The van der Waals surface area contributed by atoms with E-state index in [1.165, 1.54) is 12.1 Å². The Morgan fingerprint density at radius 2 is 1.68 bits per heavy atom. The van der Waals surface area contributed by atoms with Gasteiger partial charge in [0.1, 0.15) is 11.6 Å². The van der Waals surface area contributed by atoms with Crippen LogP contribution >= 0.6 is 12.2 Å². The lowest BCUT2D eigenvalue weighted by atomic mass is 9.96. The summed E-state index contributed by atoms with van der Waals surface area (Å²) >= 11 is 5.79. The molecule has 1 aliphatic rings. The molecule has 1 N–H and O–H groups in total. The van der Waals surface area contributed by atoms with Crippen LogP contribution in [0.5, 0.6) is 5.75 Å². The molecule has 34 heavy (non-hydrogen) atoms. The lowest BCUT2D eigenvalue weighted by molar-refractivity contribution is 0.414. The molecule has 5 nitrogen and oxygen atoms in total. The molecule has 0 radical (unpaired) electrons. The van der Waals surface area contributed by atoms with Crippen molar-refractivity contribution >= 4 is 23.0 Å². The second-order valence-corrected chi connectivity index (χ2v) is 8.72. The van der Waals surface area contributed by atoms with Crippen molar-refractivity contribution in [2.45, 2.75) is 25.9 Å². The van der Waals surface area contributed by atoms with Crippen molar-refractivity contribution in [3.63, 3.8) is 0 Å². The summed E-state index contributed by atoms with van der Waals surface area (Å²) in [6.07, 6.45) is 1.79. The molecule has 3 heterocycles. The standard InChI is InChI=1S/C27H25FN4OS/c1-17-16-23(18(2)31(17)20-11-13-22(33-3)14-12-20)26-25(24-6-4-5-15-29-24)30-27(34)32(26)21-9-7-19(28)8-10-21/h4-16,25-26H,1-3H3,(H,30,34)/t25-,26+/m0/s1. The normalized spacial score (nSPS) is 17.6. The topological polar surface area (TPSA) is 42.3 Å². The molecular formula is C27H25FN4OS. The third-order valence-corrected chi connectivity index (χ3v) is 6.64. The van der Waals surface area contributed by atoms with Crippen molar-refractivity contribution < 1.29 is 9.13 Å². The van der Waals surface area contributed by atoms with Crippen LogP contribution in [0.15, 0.2) is 79.0 Å². The SMILES string of the molecule is COc1ccc(-n2c(C)cc([C@@H]3[C@H](c4ccccn4)NC(=S)N3c3ccc(F)cc3)c2C)cc1. The minimum atomic E-state index is -0.280. The minimum absolute atomic E-state index is 0.161. The van der Waals surface area contributed by atoms with E-state index in [2.05, 4.69) is 39.7 Å². The van der Waals surface area contributed by atoms with Crippen LogP contribution in [0.25, 0.3) is 5.69 Å². The summed E-state index contributed by atoms with van der Waals surface area (Å²) in [5.74, 6) is 0.534. The van der Waals surface area contributed by atoms with Gasteiger partial charge in [-0.1, -0.05) is 6.07 Å². The highest BCUT2D eigenvalue weighted by molar-refractivity contribution is 7.80. The summed E-state index contributed by atoms with van der Waals surface area (Å²) in [6, 6.07) is 22.2. The lowest BCUT2D eigenvalue weighted by Gasteiger charge is -2.28. The summed E-state index contributed by atoms with van der Waals surface area (Å²) in [5.41, 5.74) is 6.12. The summed E-state index contributed by atoms with van der Waals surface area (Å²) in [4.78, 5) is 6.68. The monoisotopic (exact) mass is 472 g/mol. The summed E-state index contributed by atoms with van der Waals surface area (Å²) in [6.45, 7) is 4.21. The van der Waals surface area contributed by atoms with Gasteiger partial charge in [0.15, 0.2) is 5.11 Å². The maximum absolute atomic E-state index is 13.7. The molecule has 1 aliphatic heterocycles. The zero-order chi connectivity index (χ0) is 23.8. The van der Waals surface area contributed by atoms with E-state index >= 15 is 0 Å². The first-order chi connectivity index (χ1) is 16.5. The second kappa shape index (κ2) is 8.91. The van der Waals surface area contributed by atoms with E-state index in [4.69, 9.17) is 17.0 Å². The van der Waals surface area contributed by atoms with Crippen LogP contribution in [-0.4, -0.2) is 21.8 Å². The smallest absolute Gasteiger partial charge is 0.174 e. The predicted octanol–water partition coefficient (Wildman–Crippen LogP) is 5.81. The van der Waals surface area contributed by atoms with Crippen molar-refractivity contribution in [2.75, 3.05) is 12.0 Å². The largest absolute Gasteiger partial charge is 0.497 e. The fourth-order valence-electron chi connectivity index (χ4n) is 4.77. The molecule has 1 saturated heterocycles. The number of rotatable bonds is 5. The van der Waals surface area contributed by atoms with Crippen molar-refractivity contribution in [2.24, 2.45) is 0 Å². The molecule has 0 bridgehead atoms. The highest BCUT2D eigenvalue weighted by Gasteiger charge is 2.42. The molecule has 0 amide bonds. The number of anilines is 1. The molecule has 1 fully saturated rings. The number of methoxy groups -OCH3 is 1. The number of nitrogens with zero attached hydrogens (tertiary/aromatic N) is 3. The van der Waals surface area contributed by atoms with E-state index in [9.17, 15) is 4.39 Å². The van der Waals surface area contributed by atoms with Gasteiger partial charge >= 0.3 is 0 Å². The van der Waals surface area contributed by atoms with Crippen molar-refractivity contribution in [3.05, 3.63) is 107 Å². The number of aryl methyl sites for hydroxylation is 1. The van der Waals surface area contributed by atoms with Crippen LogP contribution in [0.2, 0.25) is 0 Å². The lowest BCUT2D eigenvalue weighted by Crippen LogP contribution is -2.29. The van der Waals surface area contributed by atoms with Gasteiger partial charge in [-0.25, -0.2) is 4.39 Å². The maximum atomic E-state index is 13.7. The maximum Gasteiger partial charge on any atom is 0.174 e. The van der Waals surface area contributed by atoms with E-state index in [1.54, 1.807) is 25.4 Å². The quantitative estimate of drug-likeness (QED) is 0.371. The zero-order valence-corrected chi connectivity index (χ0v) is 20.0. The summed E-state index contributed by atoms with van der Waals surface area (Å²) in [5, 5.41) is 4.05. The fraction of sp³-hybridized carbons (Fsp3) is 0.185. The Labute approximate surface area is 203 Å². The minimum Gasteiger partial charge on any atom is -0.497 e. The molecule has 2 aromatic carbocycles. The van der Waals surface area contributed by atoms with Crippen LogP contribution in [0, 0.1) is 19.7 Å². The number of pyridine rings is 1. The van der Waals surface area contributed by atoms with E-state index in [0.29, 0.717) is 5.11 Å². The second-order valence-electron chi connectivity index (χ2n) is 8.33. The zero-order valence-electron chi connectivity index (χ0n) is 19.2. The molecule has 4 aromatic rings. The number of aromatic nitrogens is 2. The molecule has 2 atom stereocenters. The molecule has 2 aromatic heterocycles. The molecule has 7 heteroatoms. The Morgan fingerprint density at radius 1 is 0.971 bits per heavy atom. The average molecular weight is 473 g/mol. The van der Waals surface area contributed by atoms with Gasteiger partial charge in [0.25, 0.3) is 0 Å². The molecule has 5 rings (SSSR count). The first-order valence-electron chi connectivity index (χ1n) is 11.1. The Kier molecular flexibility index (Phi) is 5.79. The molecule has 0 spiro atoms. The van der Waals surface area contributed by atoms with Crippen LogP contribution in [0.1, 0.15) is 34.7 Å². The Balaban J connectivity index is 1.65. The van der Waals surface area contributed by atoms with Gasteiger partial charge in [-0.15, -0.1) is 0 Å². The Hall–Kier alpha value is -3.71. The highest BCUT2D eigenvalue weighted by Crippen LogP contribution is 2.43. The molecule has 0 aliphatic carbocycles. The number of nitrogens with one attached hydrogen (secondary N) is 1. The van der Waals surface area contributed by atoms with Gasteiger partial charge < -0.3 is 19.5 Å². The van der Waals surface area contributed by atoms with E-state index in [1.807, 2.05) is 42.5 Å². The molecule has 172 valence electrons. The van der Waals surface area contributed by atoms with Crippen molar-refractivity contribution in [1.82, 2.24) is 14.9 Å². The first kappa shape index (κ1) is 22.1. The van der Waals surface area contributed by atoms with Crippen molar-refractivity contribution in [3.8, 4) is 11.4 Å². The predicted molar refractivity (Wildman–Crippen MR) is 136 cm³/mol. The van der Waals surface area contributed by atoms with Crippen LogP contribution in [0.3, 0.4) is 0 Å². The number of benzene rings is 2. The van der Waals surface area contributed by atoms with Gasteiger partial charge in [-0.05, 0) is 98.4 Å². The third kappa shape index (κ3) is 3.82. The summed E-state index contributed by atoms with van der Waals surface area (Å²) in [7, 11) is 1.66. The number of thiocarbonyl (C=S) groups is 1. The van der Waals surface area contributed by atoms with Crippen LogP contribution in [-0.2, 0) is 0 Å². The van der Waals surface area contributed by atoms with Gasteiger partial charge in [0, 0.05) is 29.0 Å². The first-order valence-corrected chi connectivity index (χ1v) is 11.5. The van der Waals surface area contributed by atoms with Crippen molar-refractivity contribution in [1.29, 1.82) is 0 Å². The van der Waals surface area contributed by atoms with Crippen LogP contribution in [0.4, 0.5) is 10.1 Å². The van der Waals surface area contributed by atoms with E-state index < -0.39 is 0 Å². The van der Waals surface area contributed by atoms with Gasteiger partial charge in [-0.2, -0.15) is 0 Å². The van der Waals surface area contributed by atoms with Gasteiger partial charge in [0.2, 0.25) is 0 Å². The average Bonchev–Trinajstić information content (AvgIpc) is 3.35. The Bertz CT molecular complexity index is 1320. The summed E-state index contributed by atoms with van der Waals surface area (Å²) < 4.78 is 21.3. The Morgan fingerprint density at radius 3 is 2.32 bits per heavy atom. The number of hydrogen-bond acceptors (Lipinski definition) is 3. The number of halogens is 1. The van der Waals surface area contributed by atoms with E-state index in [-0.39, 0.29) is 17.9 Å². The van der Waals surface area contributed by atoms with E-state index in [0.717, 1.165) is 39.8 Å².